The predicted octanol–water partition coefficient (Wildman–Crippen LogP) is 3.54. The van der Waals surface area contributed by atoms with Crippen molar-refractivity contribution in [3.05, 3.63) is 64.2 Å². The van der Waals surface area contributed by atoms with Crippen LogP contribution in [-0.2, 0) is 4.79 Å². The molecule has 25 heavy (non-hydrogen) atoms. The minimum Gasteiger partial charge on any atom is -0.325 e. The highest BCUT2D eigenvalue weighted by molar-refractivity contribution is 6.31. The van der Waals surface area contributed by atoms with Crippen molar-refractivity contribution in [3.63, 3.8) is 0 Å². The molecule has 0 radical (unpaired) electrons. The number of piperazine rings is 1. The molecule has 0 spiro atoms. The number of nitrogens with zero attached hydrogens (tertiary/aromatic N) is 1. The summed E-state index contributed by atoms with van der Waals surface area (Å²) in [6.45, 7) is 6.91. The Morgan fingerprint density at radius 3 is 2.84 bits per heavy atom. The van der Waals surface area contributed by atoms with Crippen molar-refractivity contribution in [3.8, 4) is 0 Å². The molecule has 2 aromatic rings. The van der Waals surface area contributed by atoms with Crippen molar-refractivity contribution >= 4 is 23.2 Å². The number of carbonyl (C=O) groups excluding carboxylic acids is 1. The van der Waals surface area contributed by atoms with Gasteiger partial charge >= 0.3 is 0 Å². The molecule has 132 valence electrons. The molecule has 1 atom stereocenters. The van der Waals surface area contributed by atoms with Gasteiger partial charge in [0.05, 0.1) is 6.54 Å². The normalized spacial score (nSPS) is 18.1. The van der Waals surface area contributed by atoms with Crippen LogP contribution in [-0.4, -0.2) is 37.0 Å². The molecule has 1 unspecified atom stereocenters. The molecule has 1 saturated heterocycles. The van der Waals surface area contributed by atoms with E-state index in [1.807, 2.05) is 43.3 Å². The van der Waals surface area contributed by atoms with Gasteiger partial charge in [-0.15, -0.1) is 0 Å². The first-order valence-corrected chi connectivity index (χ1v) is 8.99. The minimum atomic E-state index is 0.00709. The average Bonchev–Trinajstić information content (AvgIpc) is 2.60. The lowest BCUT2D eigenvalue weighted by atomic mass is 10.0. The van der Waals surface area contributed by atoms with Gasteiger partial charge in [-0.05, 0) is 42.7 Å². The third-order valence-corrected chi connectivity index (χ3v) is 5.19. The van der Waals surface area contributed by atoms with Crippen LogP contribution in [0.1, 0.15) is 22.7 Å². The summed E-state index contributed by atoms with van der Waals surface area (Å²) in [7, 11) is 0. The lowest BCUT2D eigenvalue weighted by Crippen LogP contribution is -2.48. The highest BCUT2D eigenvalue weighted by atomic mass is 35.5. The molecule has 0 bridgehead atoms. The number of halogens is 1. The Balaban J connectivity index is 1.72. The maximum atomic E-state index is 12.6. The summed E-state index contributed by atoms with van der Waals surface area (Å²) in [6, 6.07) is 13.9. The standard InChI is InChI=1S/C20H24ClN3O/c1-14-6-5-9-18(15(14)2)23-20(25)13-24-11-10-22-12-19(24)16-7-3-4-8-17(16)21/h3-9,19,22H,10-13H2,1-2H3,(H,23,25). The summed E-state index contributed by atoms with van der Waals surface area (Å²) in [5.74, 6) is 0.00709. The fraction of sp³-hybridized carbons (Fsp3) is 0.350. The van der Waals surface area contributed by atoms with Crippen LogP contribution in [0.3, 0.4) is 0 Å². The van der Waals surface area contributed by atoms with E-state index in [2.05, 4.69) is 28.5 Å². The second kappa shape index (κ2) is 8.00. The van der Waals surface area contributed by atoms with Gasteiger partial charge in [-0.25, -0.2) is 0 Å². The molecule has 1 amide bonds. The summed E-state index contributed by atoms with van der Waals surface area (Å²) in [5, 5.41) is 7.20. The molecule has 4 nitrogen and oxygen atoms in total. The summed E-state index contributed by atoms with van der Waals surface area (Å²) < 4.78 is 0. The SMILES string of the molecule is Cc1cccc(NC(=O)CN2CCNCC2c2ccccc2Cl)c1C. The fourth-order valence-corrected chi connectivity index (χ4v) is 3.51. The Labute approximate surface area is 154 Å². The Kier molecular flexibility index (Phi) is 5.74. The smallest absolute Gasteiger partial charge is 0.238 e. The van der Waals surface area contributed by atoms with Crippen molar-refractivity contribution in [1.29, 1.82) is 0 Å². The number of rotatable bonds is 4. The van der Waals surface area contributed by atoms with Crippen molar-refractivity contribution in [2.45, 2.75) is 19.9 Å². The number of benzene rings is 2. The molecule has 2 N–H and O–H groups in total. The zero-order valence-corrected chi connectivity index (χ0v) is 15.4. The zero-order chi connectivity index (χ0) is 17.8. The van der Waals surface area contributed by atoms with Gasteiger partial charge in [0.25, 0.3) is 0 Å². The predicted molar refractivity (Wildman–Crippen MR) is 103 cm³/mol. The van der Waals surface area contributed by atoms with E-state index in [-0.39, 0.29) is 11.9 Å². The number of anilines is 1. The van der Waals surface area contributed by atoms with Gasteiger partial charge in [-0.3, -0.25) is 9.69 Å². The van der Waals surface area contributed by atoms with Crippen LogP contribution in [0.15, 0.2) is 42.5 Å². The Morgan fingerprint density at radius 1 is 1.24 bits per heavy atom. The molecule has 0 aromatic heterocycles. The summed E-state index contributed by atoms with van der Waals surface area (Å²) in [5.41, 5.74) is 4.23. The van der Waals surface area contributed by atoms with E-state index in [1.165, 1.54) is 5.56 Å². The largest absolute Gasteiger partial charge is 0.325 e. The van der Waals surface area contributed by atoms with Gasteiger partial charge in [0.15, 0.2) is 0 Å². The fourth-order valence-electron chi connectivity index (χ4n) is 3.25. The van der Waals surface area contributed by atoms with Gasteiger partial charge in [0.2, 0.25) is 5.91 Å². The van der Waals surface area contributed by atoms with Gasteiger partial charge in [0.1, 0.15) is 0 Å². The van der Waals surface area contributed by atoms with E-state index in [0.717, 1.165) is 41.5 Å². The molecule has 5 heteroatoms. The van der Waals surface area contributed by atoms with Crippen LogP contribution in [0.5, 0.6) is 0 Å². The number of hydrogen-bond acceptors (Lipinski definition) is 3. The Morgan fingerprint density at radius 2 is 2.04 bits per heavy atom. The third kappa shape index (κ3) is 4.21. The average molecular weight is 358 g/mol. The summed E-state index contributed by atoms with van der Waals surface area (Å²) >= 11 is 6.37. The molecule has 2 aromatic carbocycles. The maximum absolute atomic E-state index is 12.6. The van der Waals surface area contributed by atoms with Crippen molar-refractivity contribution in [2.75, 3.05) is 31.5 Å². The summed E-state index contributed by atoms with van der Waals surface area (Å²) in [6.07, 6.45) is 0. The first-order chi connectivity index (χ1) is 12.1. The molecule has 1 aliphatic rings. The van der Waals surface area contributed by atoms with Crippen LogP contribution in [0.2, 0.25) is 5.02 Å². The van der Waals surface area contributed by atoms with E-state index >= 15 is 0 Å². The van der Waals surface area contributed by atoms with Gasteiger partial charge in [-0.1, -0.05) is 41.9 Å². The van der Waals surface area contributed by atoms with Gasteiger partial charge in [-0.2, -0.15) is 0 Å². The van der Waals surface area contributed by atoms with E-state index < -0.39 is 0 Å². The van der Waals surface area contributed by atoms with Gasteiger partial charge < -0.3 is 10.6 Å². The van der Waals surface area contributed by atoms with Crippen LogP contribution < -0.4 is 10.6 Å². The molecule has 3 rings (SSSR count). The maximum Gasteiger partial charge on any atom is 0.238 e. The molecule has 1 fully saturated rings. The first kappa shape index (κ1) is 17.9. The third-order valence-electron chi connectivity index (χ3n) is 4.84. The lowest BCUT2D eigenvalue weighted by molar-refractivity contribution is -0.118. The number of amides is 1. The zero-order valence-electron chi connectivity index (χ0n) is 14.7. The van der Waals surface area contributed by atoms with Crippen LogP contribution >= 0.6 is 11.6 Å². The first-order valence-electron chi connectivity index (χ1n) is 8.61. The topological polar surface area (TPSA) is 44.4 Å². The summed E-state index contributed by atoms with van der Waals surface area (Å²) in [4.78, 5) is 14.8. The van der Waals surface area contributed by atoms with E-state index in [0.29, 0.717) is 6.54 Å². The monoisotopic (exact) mass is 357 g/mol. The number of carbonyl (C=O) groups is 1. The molecule has 0 aliphatic carbocycles. The Bertz CT molecular complexity index is 762. The molecule has 0 saturated carbocycles. The van der Waals surface area contributed by atoms with E-state index in [9.17, 15) is 4.79 Å². The minimum absolute atomic E-state index is 0.00709. The van der Waals surface area contributed by atoms with E-state index in [1.54, 1.807) is 0 Å². The number of aryl methyl sites for hydroxylation is 1. The number of nitrogens with one attached hydrogen (secondary N) is 2. The van der Waals surface area contributed by atoms with E-state index in [4.69, 9.17) is 11.6 Å². The molecule has 1 heterocycles. The van der Waals surface area contributed by atoms with Crippen LogP contribution in [0.4, 0.5) is 5.69 Å². The van der Waals surface area contributed by atoms with Crippen molar-refractivity contribution < 1.29 is 4.79 Å². The van der Waals surface area contributed by atoms with Crippen LogP contribution in [0, 0.1) is 13.8 Å². The van der Waals surface area contributed by atoms with Crippen molar-refractivity contribution in [2.24, 2.45) is 0 Å². The molecular weight excluding hydrogens is 334 g/mol. The second-order valence-corrected chi connectivity index (χ2v) is 6.91. The highest BCUT2D eigenvalue weighted by Gasteiger charge is 2.27. The van der Waals surface area contributed by atoms with Gasteiger partial charge in [0, 0.05) is 36.4 Å². The molecule has 1 aliphatic heterocycles. The quantitative estimate of drug-likeness (QED) is 0.879. The van der Waals surface area contributed by atoms with Crippen molar-refractivity contribution in [1.82, 2.24) is 10.2 Å². The highest BCUT2D eigenvalue weighted by Crippen LogP contribution is 2.28. The lowest BCUT2D eigenvalue weighted by Gasteiger charge is -2.36. The second-order valence-electron chi connectivity index (χ2n) is 6.51. The van der Waals surface area contributed by atoms with Crippen LogP contribution in [0.25, 0.3) is 0 Å². The Hall–Kier alpha value is -1.88. The number of hydrogen-bond donors (Lipinski definition) is 2. The molecular formula is C20H24ClN3O.